The van der Waals surface area contributed by atoms with Crippen molar-refractivity contribution >= 4 is 11.9 Å². The van der Waals surface area contributed by atoms with E-state index in [1.807, 2.05) is 19.9 Å². The summed E-state index contributed by atoms with van der Waals surface area (Å²) < 4.78 is 1.65. The van der Waals surface area contributed by atoms with Crippen molar-refractivity contribution in [2.45, 2.75) is 64.5 Å². The Morgan fingerprint density at radius 2 is 2.00 bits per heavy atom. The summed E-state index contributed by atoms with van der Waals surface area (Å²) in [6, 6.07) is 1.92. The topological polar surface area (TPSA) is 84.2 Å². The van der Waals surface area contributed by atoms with Crippen LogP contribution in [-0.4, -0.2) is 32.3 Å². The van der Waals surface area contributed by atoms with Crippen molar-refractivity contribution in [2.75, 3.05) is 0 Å². The molecule has 0 bridgehead atoms. The van der Waals surface area contributed by atoms with Gasteiger partial charge < -0.3 is 10.4 Å². The number of carbonyl (C=O) groups excluding carboxylic acids is 1. The van der Waals surface area contributed by atoms with Gasteiger partial charge in [-0.1, -0.05) is 19.3 Å². The lowest BCUT2D eigenvalue weighted by Gasteiger charge is -2.37. The molecule has 0 saturated heterocycles. The number of nitrogens with one attached hydrogen (secondary N) is 1. The summed E-state index contributed by atoms with van der Waals surface area (Å²) in [5, 5.41) is 16.3. The van der Waals surface area contributed by atoms with Gasteiger partial charge in [-0.25, -0.2) is 0 Å². The molecular weight excluding hydrogens is 270 g/mol. The minimum absolute atomic E-state index is 0.00411. The highest BCUT2D eigenvalue weighted by Crippen LogP contribution is 2.31. The minimum atomic E-state index is -0.858. The van der Waals surface area contributed by atoms with E-state index < -0.39 is 11.5 Å². The van der Waals surface area contributed by atoms with Crippen LogP contribution in [0.5, 0.6) is 0 Å². The number of aryl methyl sites for hydroxylation is 2. The molecule has 21 heavy (non-hydrogen) atoms. The summed E-state index contributed by atoms with van der Waals surface area (Å²) >= 11 is 0. The maximum absolute atomic E-state index is 12.3. The molecule has 2 N–H and O–H groups in total. The Morgan fingerprint density at radius 1 is 1.33 bits per heavy atom. The van der Waals surface area contributed by atoms with Crippen molar-refractivity contribution in [1.29, 1.82) is 0 Å². The number of carboxylic acid groups (broad SMARTS) is 1. The first-order valence-corrected chi connectivity index (χ1v) is 7.44. The van der Waals surface area contributed by atoms with Gasteiger partial charge in [0, 0.05) is 5.69 Å². The molecule has 0 radical (unpaired) electrons. The number of hydrogen-bond donors (Lipinski definition) is 2. The van der Waals surface area contributed by atoms with Gasteiger partial charge in [0.05, 0.1) is 17.7 Å². The van der Waals surface area contributed by atoms with Crippen LogP contribution in [-0.2, 0) is 16.1 Å². The van der Waals surface area contributed by atoms with E-state index in [2.05, 4.69) is 10.4 Å². The van der Waals surface area contributed by atoms with Crippen molar-refractivity contribution in [1.82, 2.24) is 15.1 Å². The van der Waals surface area contributed by atoms with Crippen molar-refractivity contribution < 1.29 is 14.7 Å². The first-order chi connectivity index (χ1) is 9.90. The van der Waals surface area contributed by atoms with Crippen LogP contribution in [0.4, 0.5) is 0 Å². The summed E-state index contributed by atoms with van der Waals surface area (Å²) in [6.45, 7) is 3.93. The Kier molecular flexibility index (Phi) is 4.65. The number of rotatable bonds is 5. The third kappa shape index (κ3) is 4.06. The van der Waals surface area contributed by atoms with E-state index in [1.165, 1.54) is 0 Å². The molecule has 1 saturated carbocycles. The Morgan fingerprint density at radius 3 is 2.52 bits per heavy atom. The minimum Gasteiger partial charge on any atom is -0.481 e. The molecule has 0 aliphatic heterocycles. The Labute approximate surface area is 124 Å². The van der Waals surface area contributed by atoms with Crippen molar-refractivity contribution in [3.8, 4) is 0 Å². The fourth-order valence-corrected chi connectivity index (χ4v) is 3.17. The average Bonchev–Trinajstić information content (AvgIpc) is 2.67. The second kappa shape index (κ2) is 6.28. The highest BCUT2D eigenvalue weighted by Gasteiger charge is 2.35. The second-order valence-corrected chi connectivity index (χ2v) is 6.04. The molecule has 1 aliphatic rings. The SMILES string of the molecule is Cc1cc(C)n(CC(=O)NC2(CC(=O)O)CCCCC2)n1. The molecule has 6 nitrogen and oxygen atoms in total. The van der Waals surface area contributed by atoms with Crippen LogP contribution < -0.4 is 5.32 Å². The number of hydrogen-bond acceptors (Lipinski definition) is 3. The van der Waals surface area contributed by atoms with Gasteiger partial charge in [-0.15, -0.1) is 0 Å². The van der Waals surface area contributed by atoms with E-state index >= 15 is 0 Å². The number of aliphatic carboxylic acids is 1. The smallest absolute Gasteiger partial charge is 0.305 e. The molecule has 0 spiro atoms. The molecule has 0 aromatic carbocycles. The molecule has 1 amide bonds. The Balaban J connectivity index is 2.04. The van der Waals surface area contributed by atoms with Gasteiger partial charge in [0.25, 0.3) is 0 Å². The first-order valence-electron chi connectivity index (χ1n) is 7.44. The molecular formula is C15H23N3O3. The predicted octanol–water partition coefficient (Wildman–Crippen LogP) is 1.79. The second-order valence-electron chi connectivity index (χ2n) is 6.04. The number of nitrogens with zero attached hydrogens (tertiary/aromatic N) is 2. The number of carboxylic acids is 1. The standard InChI is InChI=1S/C15H23N3O3/c1-11-8-12(2)18(17-11)10-13(19)16-15(9-14(20)21)6-4-3-5-7-15/h8H,3-7,9-10H2,1-2H3,(H,16,19)(H,20,21). The lowest BCUT2D eigenvalue weighted by atomic mass is 9.79. The van der Waals surface area contributed by atoms with Gasteiger partial charge >= 0.3 is 5.97 Å². The van der Waals surface area contributed by atoms with Gasteiger partial charge in [-0.05, 0) is 32.8 Å². The van der Waals surface area contributed by atoms with Crippen LogP contribution in [0.2, 0.25) is 0 Å². The number of carbonyl (C=O) groups is 2. The molecule has 1 aromatic rings. The Bertz CT molecular complexity index is 530. The average molecular weight is 293 g/mol. The monoisotopic (exact) mass is 293 g/mol. The van der Waals surface area contributed by atoms with Crippen LogP contribution in [0, 0.1) is 13.8 Å². The van der Waals surface area contributed by atoms with Crippen molar-refractivity contribution in [2.24, 2.45) is 0 Å². The molecule has 1 aromatic heterocycles. The van der Waals surface area contributed by atoms with E-state index in [0.717, 1.165) is 43.5 Å². The summed E-state index contributed by atoms with van der Waals surface area (Å²) in [5.74, 6) is -1.02. The summed E-state index contributed by atoms with van der Waals surface area (Å²) in [6.07, 6.45) is 4.51. The van der Waals surface area contributed by atoms with Gasteiger partial charge in [0.2, 0.25) is 5.91 Å². The first kappa shape index (κ1) is 15.5. The maximum atomic E-state index is 12.3. The van der Waals surface area contributed by atoms with Crippen molar-refractivity contribution in [3.63, 3.8) is 0 Å². The van der Waals surface area contributed by atoms with E-state index in [-0.39, 0.29) is 18.9 Å². The lowest BCUT2D eigenvalue weighted by molar-refractivity contribution is -0.139. The molecule has 1 heterocycles. The van der Waals surface area contributed by atoms with Crippen LogP contribution in [0.1, 0.15) is 49.9 Å². The van der Waals surface area contributed by atoms with E-state index in [4.69, 9.17) is 5.11 Å². The van der Waals surface area contributed by atoms with Gasteiger partial charge in [0.15, 0.2) is 0 Å². The van der Waals surface area contributed by atoms with E-state index in [0.29, 0.717) is 0 Å². The van der Waals surface area contributed by atoms with Gasteiger partial charge in [-0.2, -0.15) is 5.10 Å². The highest BCUT2D eigenvalue weighted by atomic mass is 16.4. The van der Waals surface area contributed by atoms with Crippen LogP contribution in [0.25, 0.3) is 0 Å². The normalized spacial score (nSPS) is 17.4. The summed E-state index contributed by atoms with van der Waals surface area (Å²) in [7, 11) is 0. The lowest BCUT2D eigenvalue weighted by Crippen LogP contribution is -2.52. The molecule has 2 rings (SSSR count). The summed E-state index contributed by atoms with van der Waals surface area (Å²) in [5.41, 5.74) is 1.22. The fraction of sp³-hybridized carbons (Fsp3) is 0.667. The third-order valence-corrected chi connectivity index (χ3v) is 4.10. The zero-order valence-corrected chi connectivity index (χ0v) is 12.7. The number of amides is 1. The van der Waals surface area contributed by atoms with Gasteiger partial charge in [-0.3, -0.25) is 14.3 Å². The summed E-state index contributed by atoms with van der Waals surface area (Å²) in [4.78, 5) is 23.4. The zero-order valence-electron chi connectivity index (χ0n) is 12.7. The van der Waals surface area contributed by atoms with Crippen LogP contribution in [0.3, 0.4) is 0 Å². The molecule has 1 fully saturated rings. The quantitative estimate of drug-likeness (QED) is 0.867. The molecule has 1 aliphatic carbocycles. The van der Waals surface area contributed by atoms with E-state index in [9.17, 15) is 9.59 Å². The van der Waals surface area contributed by atoms with E-state index in [1.54, 1.807) is 4.68 Å². The van der Waals surface area contributed by atoms with Crippen molar-refractivity contribution in [3.05, 3.63) is 17.5 Å². The maximum Gasteiger partial charge on any atom is 0.305 e. The Hall–Kier alpha value is -1.85. The zero-order chi connectivity index (χ0) is 15.5. The van der Waals surface area contributed by atoms with Gasteiger partial charge in [0.1, 0.15) is 6.54 Å². The fourth-order valence-electron chi connectivity index (χ4n) is 3.17. The molecule has 0 atom stereocenters. The molecule has 0 unspecified atom stereocenters. The molecule has 116 valence electrons. The van der Waals surface area contributed by atoms with Crippen LogP contribution in [0.15, 0.2) is 6.07 Å². The number of aromatic nitrogens is 2. The highest BCUT2D eigenvalue weighted by molar-refractivity contribution is 5.78. The predicted molar refractivity (Wildman–Crippen MR) is 77.9 cm³/mol. The molecule has 6 heteroatoms. The largest absolute Gasteiger partial charge is 0.481 e. The van der Waals surface area contributed by atoms with Crippen LogP contribution >= 0.6 is 0 Å². The third-order valence-electron chi connectivity index (χ3n) is 4.10.